The van der Waals surface area contributed by atoms with Crippen LogP contribution in [0.4, 0.5) is 0 Å². The topological polar surface area (TPSA) is 52.6 Å². The van der Waals surface area contributed by atoms with Crippen LogP contribution in [0.2, 0.25) is 0 Å². The van der Waals surface area contributed by atoms with Crippen molar-refractivity contribution in [2.75, 3.05) is 27.2 Å². The van der Waals surface area contributed by atoms with Gasteiger partial charge in [-0.1, -0.05) is 0 Å². The highest BCUT2D eigenvalue weighted by Gasteiger charge is 2.11. The molecular formula is C9H20N2O2. The van der Waals surface area contributed by atoms with E-state index >= 15 is 0 Å². The Bertz CT molecular complexity index is 151. The van der Waals surface area contributed by atoms with Crippen molar-refractivity contribution in [2.24, 2.45) is 0 Å². The van der Waals surface area contributed by atoms with Gasteiger partial charge in [-0.2, -0.15) is 0 Å². The maximum atomic E-state index is 10.4. The number of hydrogen-bond donors (Lipinski definition) is 2. The van der Waals surface area contributed by atoms with Gasteiger partial charge in [-0.25, -0.2) is 0 Å². The zero-order valence-corrected chi connectivity index (χ0v) is 8.71. The van der Waals surface area contributed by atoms with Gasteiger partial charge in [0.05, 0.1) is 6.42 Å². The van der Waals surface area contributed by atoms with E-state index in [1.54, 1.807) is 0 Å². The van der Waals surface area contributed by atoms with Gasteiger partial charge in [0.25, 0.3) is 0 Å². The predicted molar refractivity (Wildman–Crippen MR) is 52.9 cm³/mol. The van der Waals surface area contributed by atoms with Crippen LogP contribution >= 0.6 is 0 Å². The van der Waals surface area contributed by atoms with Crippen LogP contribution in [0.1, 0.15) is 19.8 Å². The van der Waals surface area contributed by atoms with Gasteiger partial charge < -0.3 is 15.3 Å². The highest BCUT2D eigenvalue weighted by Crippen LogP contribution is 2.01. The molecule has 4 heteroatoms. The molecule has 0 rings (SSSR count). The summed E-state index contributed by atoms with van der Waals surface area (Å²) in [6, 6.07) is 0.120. The number of aliphatic carboxylic acids is 1. The Morgan fingerprint density at radius 2 is 2.23 bits per heavy atom. The summed E-state index contributed by atoms with van der Waals surface area (Å²) in [5, 5.41) is 11.6. The molecule has 0 amide bonds. The maximum absolute atomic E-state index is 10.4. The summed E-state index contributed by atoms with van der Waals surface area (Å²) in [5.41, 5.74) is 0. The zero-order valence-electron chi connectivity index (χ0n) is 8.71. The molecule has 4 nitrogen and oxygen atoms in total. The molecule has 78 valence electrons. The van der Waals surface area contributed by atoms with E-state index in [1.165, 1.54) is 0 Å². The molecule has 0 aliphatic carbocycles. The van der Waals surface area contributed by atoms with Gasteiger partial charge in [0.2, 0.25) is 0 Å². The van der Waals surface area contributed by atoms with E-state index in [1.807, 2.05) is 21.0 Å². The smallest absolute Gasteiger partial charge is 0.304 e. The normalized spacial score (nSPS) is 13.2. The lowest BCUT2D eigenvalue weighted by Gasteiger charge is -2.22. The molecule has 0 bridgehead atoms. The van der Waals surface area contributed by atoms with Crippen molar-refractivity contribution in [1.82, 2.24) is 10.2 Å². The molecule has 0 aromatic carbocycles. The molecule has 0 aromatic rings. The van der Waals surface area contributed by atoms with Crippen LogP contribution in [0, 0.1) is 0 Å². The molecule has 0 saturated carbocycles. The average Bonchev–Trinajstić information content (AvgIpc) is 2.03. The summed E-state index contributed by atoms with van der Waals surface area (Å²) in [6.45, 7) is 3.85. The van der Waals surface area contributed by atoms with Gasteiger partial charge in [0, 0.05) is 6.04 Å². The van der Waals surface area contributed by atoms with E-state index in [0.29, 0.717) is 0 Å². The van der Waals surface area contributed by atoms with Crippen molar-refractivity contribution in [1.29, 1.82) is 0 Å². The molecule has 0 aliphatic heterocycles. The highest BCUT2D eigenvalue weighted by molar-refractivity contribution is 5.67. The standard InChI is InChI=1S/C9H20N2O2/c1-8(7-9(12)13)11(3)6-4-5-10-2/h8,10H,4-7H2,1-3H3,(H,12,13). The van der Waals surface area contributed by atoms with Crippen molar-refractivity contribution >= 4 is 5.97 Å². The van der Waals surface area contributed by atoms with Gasteiger partial charge in [-0.3, -0.25) is 4.79 Å². The molecule has 0 aromatic heterocycles. The van der Waals surface area contributed by atoms with Crippen molar-refractivity contribution in [3.8, 4) is 0 Å². The van der Waals surface area contributed by atoms with E-state index in [-0.39, 0.29) is 12.5 Å². The van der Waals surface area contributed by atoms with E-state index in [2.05, 4.69) is 10.2 Å². The minimum atomic E-state index is -0.729. The Labute approximate surface area is 79.9 Å². The van der Waals surface area contributed by atoms with Crippen LogP contribution in [0.25, 0.3) is 0 Å². The van der Waals surface area contributed by atoms with E-state index in [9.17, 15) is 4.79 Å². The highest BCUT2D eigenvalue weighted by atomic mass is 16.4. The minimum absolute atomic E-state index is 0.120. The number of nitrogens with one attached hydrogen (secondary N) is 1. The fourth-order valence-electron chi connectivity index (χ4n) is 1.13. The van der Waals surface area contributed by atoms with Gasteiger partial charge in [-0.05, 0) is 40.5 Å². The van der Waals surface area contributed by atoms with Crippen LogP contribution in [0.5, 0.6) is 0 Å². The van der Waals surface area contributed by atoms with Gasteiger partial charge >= 0.3 is 5.97 Å². The van der Waals surface area contributed by atoms with Crippen LogP contribution in [-0.2, 0) is 4.79 Å². The number of carboxylic acids is 1. The summed E-state index contributed by atoms with van der Waals surface area (Å²) in [7, 11) is 3.88. The first-order valence-electron chi connectivity index (χ1n) is 4.64. The molecule has 0 heterocycles. The Kier molecular flexibility index (Phi) is 6.54. The lowest BCUT2D eigenvalue weighted by molar-refractivity contribution is -0.138. The third kappa shape index (κ3) is 6.54. The van der Waals surface area contributed by atoms with Crippen molar-refractivity contribution in [3.63, 3.8) is 0 Å². The monoisotopic (exact) mass is 188 g/mol. The second kappa shape index (κ2) is 6.86. The summed E-state index contributed by atoms with van der Waals surface area (Å²) < 4.78 is 0. The van der Waals surface area contributed by atoms with Crippen LogP contribution in [-0.4, -0.2) is 49.2 Å². The molecule has 0 aliphatic rings. The molecule has 0 spiro atoms. The Morgan fingerprint density at radius 3 is 2.69 bits per heavy atom. The fourth-order valence-corrected chi connectivity index (χ4v) is 1.13. The second-order valence-corrected chi connectivity index (χ2v) is 3.38. The van der Waals surface area contributed by atoms with Crippen molar-refractivity contribution in [2.45, 2.75) is 25.8 Å². The molecule has 1 unspecified atom stereocenters. The van der Waals surface area contributed by atoms with Gasteiger partial charge in [0.15, 0.2) is 0 Å². The van der Waals surface area contributed by atoms with Crippen LogP contribution < -0.4 is 5.32 Å². The zero-order chi connectivity index (χ0) is 10.3. The molecule has 0 saturated heterocycles. The number of carbonyl (C=O) groups is 1. The SMILES string of the molecule is CNCCCN(C)C(C)CC(=O)O. The van der Waals surface area contributed by atoms with Crippen molar-refractivity contribution in [3.05, 3.63) is 0 Å². The van der Waals surface area contributed by atoms with Crippen molar-refractivity contribution < 1.29 is 9.90 Å². The summed E-state index contributed by atoms with van der Waals surface area (Å²) in [6.07, 6.45) is 1.27. The number of hydrogen-bond acceptors (Lipinski definition) is 3. The van der Waals surface area contributed by atoms with Crippen LogP contribution in [0.3, 0.4) is 0 Å². The first-order valence-corrected chi connectivity index (χ1v) is 4.64. The summed E-state index contributed by atoms with van der Waals surface area (Å²) >= 11 is 0. The number of rotatable bonds is 7. The van der Waals surface area contributed by atoms with E-state index in [4.69, 9.17) is 5.11 Å². The lowest BCUT2D eigenvalue weighted by Crippen LogP contribution is -2.33. The largest absolute Gasteiger partial charge is 0.481 e. The minimum Gasteiger partial charge on any atom is -0.481 e. The Balaban J connectivity index is 3.56. The number of nitrogens with zero attached hydrogens (tertiary/aromatic N) is 1. The lowest BCUT2D eigenvalue weighted by atomic mass is 10.2. The third-order valence-corrected chi connectivity index (χ3v) is 2.16. The summed E-state index contributed by atoms with van der Waals surface area (Å²) in [5.74, 6) is -0.729. The second-order valence-electron chi connectivity index (χ2n) is 3.38. The Morgan fingerprint density at radius 1 is 1.62 bits per heavy atom. The third-order valence-electron chi connectivity index (χ3n) is 2.16. The quantitative estimate of drug-likeness (QED) is 0.567. The van der Waals surface area contributed by atoms with Gasteiger partial charge in [-0.15, -0.1) is 0 Å². The Hall–Kier alpha value is -0.610. The number of carboxylic acid groups (broad SMARTS) is 1. The van der Waals surface area contributed by atoms with E-state index in [0.717, 1.165) is 19.5 Å². The molecule has 1 atom stereocenters. The maximum Gasteiger partial charge on any atom is 0.304 e. The first kappa shape index (κ1) is 12.4. The molecule has 0 fully saturated rings. The first-order chi connectivity index (χ1) is 6.07. The van der Waals surface area contributed by atoms with Crippen LogP contribution in [0.15, 0.2) is 0 Å². The fraction of sp³-hybridized carbons (Fsp3) is 0.889. The molecule has 0 radical (unpaired) electrons. The summed E-state index contributed by atoms with van der Waals surface area (Å²) in [4.78, 5) is 12.5. The molecule has 2 N–H and O–H groups in total. The van der Waals surface area contributed by atoms with E-state index < -0.39 is 5.97 Å². The predicted octanol–water partition coefficient (Wildman–Crippen LogP) is 0.391. The van der Waals surface area contributed by atoms with Gasteiger partial charge in [0.1, 0.15) is 0 Å². The molecule has 13 heavy (non-hydrogen) atoms. The average molecular weight is 188 g/mol. The molecular weight excluding hydrogens is 168 g/mol.